The van der Waals surface area contributed by atoms with Crippen LogP contribution in [0.3, 0.4) is 0 Å². The zero-order valence-corrected chi connectivity index (χ0v) is 23.0. The summed E-state index contributed by atoms with van der Waals surface area (Å²) in [6, 6.07) is 43.6. The highest BCUT2D eigenvalue weighted by Crippen LogP contribution is 2.44. The number of nitrogens with zero attached hydrogens (tertiary/aromatic N) is 5. The Labute approximate surface area is 245 Å². The van der Waals surface area contributed by atoms with Crippen molar-refractivity contribution in [2.45, 2.75) is 0 Å². The minimum Gasteiger partial charge on any atom is -0.309 e. The van der Waals surface area contributed by atoms with E-state index >= 15 is 0 Å². The fourth-order valence-electron chi connectivity index (χ4n) is 7.20. The van der Waals surface area contributed by atoms with Crippen molar-refractivity contribution >= 4 is 71.1 Å². The quantitative estimate of drug-likeness (QED) is 0.202. The van der Waals surface area contributed by atoms with Gasteiger partial charge < -0.3 is 9.13 Å². The molecule has 0 fully saturated rings. The lowest BCUT2D eigenvalue weighted by Crippen LogP contribution is -1.95. The van der Waals surface area contributed by atoms with Crippen molar-refractivity contribution in [2.75, 3.05) is 0 Å². The van der Waals surface area contributed by atoms with Gasteiger partial charge >= 0.3 is 0 Å². The maximum absolute atomic E-state index is 4.80. The van der Waals surface area contributed by atoms with Crippen molar-refractivity contribution < 1.29 is 0 Å². The van der Waals surface area contributed by atoms with Gasteiger partial charge in [-0.3, -0.25) is 4.40 Å². The first kappa shape index (κ1) is 22.7. The Morgan fingerprint density at radius 1 is 0.395 bits per heavy atom. The molecular formula is C38H23N5. The summed E-state index contributed by atoms with van der Waals surface area (Å²) >= 11 is 0. The summed E-state index contributed by atoms with van der Waals surface area (Å²) in [4.78, 5) is 9.57. The molecule has 0 aliphatic rings. The molecule has 43 heavy (non-hydrogen) atoms. The molecule has 10 rings (SSSR count). The second kappa shape index (κ2) is 8.30. The first-order valence-electron chi connectivity index (χ1n) is 14.5. The molecule has 0 saturated heterocycles. The molecule has 0 N–H and O–H groups in total. The van der Waals surface area contributed by atoms with E-state index in [1.54, 1.807) is 0 Å². The molecule has 5 nitrogen and oxygen atoms in total. The highest BCUT2D eigenvalue weighted by atomic mass is 15.0. The van der Waals surface area contributed by atoms with Crippen molar-refractivity contribution in [1.29, 1.82) is 0 Å². The predicted molar refractivity (Wildman–Crippen MR) is 177 cm³/mol. The van der Waals surface area contributed by atoms with E-state index in [9.17, 15) is 0 Å². The standard InChI is InChI=1S/C38H23N5/c1-3-10-24(11-4-1)42-31-16-8-7-14-27(31)35-32(42)17-18-33-36(35)30-22-28-26-15-9-19-39-37(26)41-21-20-40-38(41)29(28)23-34(30)43(33)25-12-5-2-6-13-25/h1-23H. The third-order valence-electron chi connectivity index (χ3n) is 8.92. The van der Waals surface area contributed by atoms with Crippen LogP contribution in [0.25, 0.3) is 82.4 Å². The third kappa shape index (κ3) is 2.95. The number of fused-ring (bicyclic) bond motifs is 13. The fourth-order valence-corrected chi connectivity index (χ4v) is 7.20. The van der Waals surface area contributed by atoms with Crippen LogP contribution in [0.1, 0.15) is 0 Å². The molecule has 5 heterocycles. The van der Waals surface area contributed by atoms with Crippen LogP contribution in [0, 0.1) is 0 Å². The number of hydrogen-bond donors (Lipinski definition) is 0. The molecule has 0 radical (unpaired) electrons. The van der Waals surface area contributed by atoms with E-state index in [-0.39, 0.29) is 0 Å². The lowest BCUT2D eigenvalue weighted by atomic mass is 10.0. The SMILES string of the molecule is c1ccc(-n2c3ccccc3c3c4c5cc6c7cccnc7n7ccnc7c6cc5n(-c5ccccc5)c4ccc32)cc1. The zero-order valence-electron chi connectivity index (χ0n) is 23.0. The van der Waals surface area contributed by atoms with Gasteiger partial charge in [-0.05, 0) is 72.1 Å². The summed E-state index contributed by atoms with van der Waals surface area (Å²) in [5.74, 6) is 0. The molecule has 0 aliphatic heterocycles. The molecule has 0 amide bonds. The molecule has 0 bridgehead atoms. The summed E-state index contributed by atoms with van der Waals surface area (Å²) in [5.41, 5.74) is 8.86. The number of pyridine rings is 2. The van der Waals surface area contributed by atoms with E-state index in [4.69, 9.17) is 9.97 Å². The molecule has 10 aromatic rings. The van der Waals surface area contributed by atoms with E-state index in [2.05, 4.69) is 129 Å². The van der Waals surface area contributed by atoms with E-state index in [1.807, 2.05) is 24.7 Å². The predicted octanol–water partition coefficient (Wildman–Crippen LogP) is 9.23. The van der Waals surface area contributed by atoms with Gasteiger partial charge in [-0.25, -0.2) is 9.97 Å². The van der Waals surface area contributed by atoms with E-state index < -0.39 is 0 Å². The minimum atomic E-state index is 0.916. The second-order valence-electron chi connectivity index (χ2n) is 11.1. The average Bonchev–Trinajstić information content (AvgIpc) is 3.78. The van der Waals surface area contributed by atoms with Crippen LogP contribution in [0.2, 0.25) is 0 Å². The Morgan fingerprint density at radius 3 is 1.77 bits per heavy atom. The van der Waals surface area contributed by atoms with Gasteiger partial charge in [0.2, 0.25) is 0 Å². The second-order valence-corrected chi connectivity index (χ2v) is 11.1. The summed E-state index contributed by atoms with van der Waals surface area (Å²) in [7, 11) is 0. The van der Waals surface area contributed by atoms with Gasteiger partial charge in [-0.2, -0.15) is 0 Å². The monoisotopic (exact) mass is 549 g/mol. The molecule has 5 aromatic carbocycles. The van der Waals surface area contributed by atoms with Gasteiger partial charge in [0.05, 0.1) is 22.1 Å². The number of imidazole rings is 1. The smallest absolute Gasteiger partial charge is 0.146 e. The Balaban J connectivity index is 1.49. The molecule has 200 valence electrons. The number of para-hydroxylation sites is 3. The molecule has 0 spiro atoms. The van der Waals surface area contributed by atoms with Crippen LogP contribution in [0.5, 0.6) is 0 Å². The first-order chi connectivity index (χ1) is 21.4. The molecular weight excluding hydrogens is 526 g/mol. The van der Waals surface area contributed by atoms with Crippen LogP contribution in [0.4, 0.5) is 0 Å². The molecule has 0 unspecified atom stereocenters. The van der Waals surface area contributed by atoms with Gasteiger partial charge in [0.25, 0.3) is 0 Å². The van der Waals surface area contributed by atoms with Crippen molar-refractivity contribution in [3.63, 3.8) is 0 Å². The summed E-state index contributed by atoms with van der Waals surface area (Å²) in [5, 5.41) is 8.36. The zero-order chi connectivity index (χ0) is 28.1. The largest absolute Gasteiger partial charge is 0.309 e. The summed E-state index contributed by atoms with van der Waals surface area (Å²) in [6.45, 7) is 0. The molecule has 0 aliphatic carbocycles. The Hall–Kier alpha value is -5.94. The van der Waals surface area contributed by atoms with Crippen LogP contribution >= 0.6 is 0 Å². The Bertz CT molecular complexity index is 2710. The topological polar surface area (TPSA) is 40.1 Å². The normalized spacial score (nSPS) is 12.2. The fraction of sp³-hybridized carbons (Fsp3) is 0. The lowest BCUT2D eigenvalue weighted by Gasteiger charge is -2.10. The maximum atomic E-state index is 4.80. The average molecular weight is 550 g/mol. The van der Waals surface area contributed by atoms with E-state index in [1.165, 1.54) is 38.1 Å². The van der Waals surface area contributed by atoms with Gasteiger partial charge in [-0.1, -0.05) is 54.6 Å². The van der Waals surface area contributed by atoms with Gasteiger partial charge in [0, 0.05) is 62.3 Å². The highest BCUT2D eigenvalue weighted by Gasteiger charge is 2.22. The van der Waals surface area contributed by atoms with Crippen LogP contribution in [-0.4, -0.2) is 23.5 Å². The minimum absolute atomic E-state index is 0.916. The third-order valence-corrected chi connectivity index (χ3v) is 8.92. The van der Waals surface area contributed by atoms with E-state index in [0.29, 0.717) is 0 Å². The molecule has 5 aromatic heterocycles. The maximum Gasteiger partial charge on any atom is 0.146 e. The number of aromatic nitrogens is 5. The van der Waals surface area contributed by atoms with Crippen molar-refractivity contribution in [2.24, 2.45) is 0 Å². The van der Waals surface area contributed by atoms with Crippen molar-refractivity contribution in [1.82, 2.24) is 23.5 Å². The molecule has 0 saturated carbocycles. The van der Waals surface area contributed by atoms with E-state index in [0.717, 1.165) is 44.3 Å². The highest BCUT2D eigenvalue weighted by molar-refractivity contribution is 6.31. The number of hydrogen-bond acceptors (Lipinski definition) is 2. The van der Waals surface area contributed by atoms with Gasteiger partial charge in [0.1, 0.15) is 11.3 Å². The van der Waals surface area contributed by atoms with Crippen molar-refractivity contribution in [3.8, 4) is 11.4 Å². The van der Waals surface area contributed by atoms with Crippen molar-refractivity contribution in [3.05, 3.63) is 140 Å². The Morgan fingerprint density at radius 2 is 1.00 bits per heavy atom. The number of benzene rings is 5. The summed E-state index contributed by atoms with van der Waals surface area (Å²) < 4.78 is 6.90. The van der Waals surface area contributed by atoms with Crippen LogP contribution < -0.4 is 0 Å². The summed E-state index contributed by atoms with van der Waals surface area (Å²) in [6.07, 6.45) is 5.72. The number of rotatable bonds is 2. The van der Waals surface area contributed by atoms with Crippen LogP contribution in [0.15, 0.2) is 140 Å². The lowest BCUT2D eigenvalue weighted by molar-refractivity contribution is 1.17. The van der Waals surface area contributed by atoms with Gasteiger partial charge in [-0.15, -0.1) is 0 Å². The molecule has 5 heteroatoms. The Kier molecular flexibility index (Phi) is 4.39. The van der Waals surface area contributed by atoms with Crippen LogP contribution in [-0.2, 0) is 0 Å². The first-order valence-corrected chi connectivity index (χ1v) is 14.5. The molecule has 0 atom stereocenters. The van der Waals surface area contributed by atoms with Gasteiger partial charge in [0.15, 0.2) is 0 Å².